The van der Waals surface area contributed by atoms with Gasteiger partial charge in [0.25, 0.3) is 0 Å². The number of nitrogens with one attached hydrogen (secondary N) is 1. The molecule has 1 amide bonds. The molecule has 0 aromatic rings. The van der Waals surface area contributed by atoms with Crippen LogP contribution in [-0.4, -0.2) is 23.0 Å². The van der Waals surface area contributed by atoms with Crippen LogP contribution in [0.4, 0.5) is 0 Å². The van der Waals surface area contributed by atoms with E-state index in [2.05, 4.69) is 19.2 Å². The Kier molecular flexibility index (Phi) is 6.96. The van der Waals surface area contributed by atoms with Gasteiger partial charge < -0.3 is 10.4 Å². The van der Waals surface area contributed by atoms with Gasteiger partial charge in [-0.1, -0.05) is 34.6 Å². The highest BCUT2D eigenvalue weighted by molar-refractivity contribution is 5.85. The van der Waals surface area contributed by atoms with E-state index in [1.54, 1.807) is 0 Å². The third-order valence-corrected chi connectivity index (χ3v) is 3.90. The normalized spacial score (nSPS) is 13.4. The number of carboxylic acid groups (broad SMARTS) is 1. The summed E-state index contributed by atoms with van der Waals surface area (Å²) in [5, 5.41) is 12.2. The van der Waals surface area contributed by atoms with Crippen molar-refractivity contribution in [2.45, 2.75) is 66.3 Å². The van der Waals surface area contributed by atoms with Gasteiger partial charge in [0.2, 0.25) is 5.91 Å². The van der Waals surface area contributed by atoms with Crippen molar-refractivity contribution < 1.29 is 14.7 Å². The Hall–Kier alpha value is -1.06. The van der Waals surface area contributed by atoms with Crippen molar-refractivity contribution in [2.24, 2.45) is 11.3 Å². The van der Waals surface area contributed by atoms with Gasteiger partial charge in [0.15, 0.2) is 0 Å². The zero-order chi connectivity index (χ0) is 14.3. The van der Waals surface area contributed by atoms with Crippen molar-refractivity contribution in [3.05, 3.63) is 0 Å². The van der Waals surface area contributed by atoms with Crippen LogP contribution in [0.15, 0.2) is 0 Å². The molecule has 0 heterocycles. The monoisotopic (exact) mass is 257 g/mol. The second-order valence-electron chi connectivity index (χ2n) is 5.30. The number of aliphatic carboxylic acids is 1. The van der Waals surface area contributed by atoms with Gasteiger partial charge in [0.05, 0.1) is 5.41 Å². The van der Waals surface area contributed by atoms with Crippen LogP contribution < -0.4 is 5.32 Å². The first-order valence-corrected chi connectivity index (χ1v) is 6.85. The predicted molar refractivity (Wildman–Crippen MR) is 72.3 cm³/mol. The van der Waals surface area contributed by atoms with E-state index >= 15 is 0 Å². The van der Waals surface area contributed by atoms with Crippen molar-refractivity contribution in [1.29, 1.82) is 0 Å². The fourth-order valence-electron chi connectivity index (χ4n) is 2.18. The van der Waals surface area contributed by atoms with Crippen LogP contribution in [0.3, 0.4) is 0 Å². The van der Waals surface area contributed by atoms with E-state index in [4.69, 9.17) is 0 Å². The Balaban J connectivity index is 4.67. The lowest BCUT2D eigenvalue weighted by Gasteiger charge is -2.28. The van der Waals surface area contributed by atoms with Gasteiger partial charge in [-0.2, -0.15) is 0 Å². The molecule has 0 bridgehead atoms. The highest BCUT2D eigenvalue weighted by atomic mass is 16.4. The fraction of sp³-hybridized carbons (Fsp3) is 0.857. The molecule has 0 aliphatic heterocycles. The molecule has 106 valence electrons. The molecule has 18 heavy (non-hydrogen) atoms. The van der Waals surface area contributed by atoms with E-state index < -0.39 is 11.4 Å². The molecule has 0 aromatic heterocycles. The highest BCUT2D eigenvalue weighted by Crippen LogP contribution is 2.31. The molecule has 0 aliphatic rings. The number of rotatable bonds is 8. The fourth-order valence-corrected chi connectivity index (χ4v) is 2.18. The van der Waals surface area contributed by atoms with Crippen LogP contribution in [0.5, 0.6) is 0 Å². The van der Waals surface area contributed by atoms with E-state index in [1.165, 1.54) is 0 Å². The molecule has 0 saturated carbocycles. The van der Waals surface area contributed by atoms with Gasteiger partial charge in [0.1, 0.15) is 0 Å². The maximum Gasteiger partial charge on any atom is 0.310 e. The standard InChI is InChI=1S/C14H27NO3/c1-6-11(10(4)5)15-12(16)9-14(7-2,8-3)13(17)18/h10-11H,6-9H2,1-5H3,(H,15,16)(H,17,18). The molecule has 0 saturated heterocycles. The Morgan fingerprint density at radius 2 is 1.67 bits per heavy atom. The molecule has 0 radical (unpaired) electrons. The Morgan fingerprint density at radius 3 is 1.94 bits per heavy atom. The van der Waals surface area contributed by atoms with Crippen LogP contribution >= 0.6 is 0 Å². The van der Waals surface area contributed by atoms with Gasteiger partial charge >= 0.3 is 5.97 Å². The second-order valence-corrected chi connectivity index (χ2v) is 5.30. The summed E-state index contributed by atoms with van der Waals surface area (Å²) < 4.78 is 0. The smallest absolute Gasteiger partial charge is 0.310 e. The maximum atomic E-state index is 12.0. The molecule has 1 atom stereocenters. The van der Waals surface area contributed by atoms with Crippen molar-refractivity contribution in [2.75, 3.05) is 0 Å². The molecule has 0 aliphatic carbocycles. The Morgan fingerprint density at radius 1 is 1.17 bits per heavy atom. The van der Waals surface area contributed by atoms with Gasteiger partial charge in [-0.05, 0) is 25.2 Å². The van der Waals surface area contributed by atoms with E-state index in [1.807, 2.05) is 20.8 Å². The zero-order valence-corrected chi connectivity index (χ0v) is 12.2. The summed E-state index contributed by atoms with van der Waals surface area (Å²) in [5.41, 5.74) is -0.917. The summed E-state index contributed by atoms with van der Waals surface area (Å²) in [6.07, 6.45) is 1.88. The van der Waals surface area contributed by atoms with Crippen molar-refractivity contribution >= 4 is 11.9 Å². The number of carboxylic acids is 1. The molecule has 0 rings (SSSR count). The number of amides is 1. The Labute approximate surface area is 110 Å². The molecule has 0 spiro atoms. The van der Waals surface area contributed by atoms with E-state index in [0.717, 1.165) is 6.42 Å². The summed E-state index contributed by atoms with van der Waals surface area (Å²) in [5.74, 6) is -0.664. The highest BCUT2D eigenvalue weighted by Gasteiger charge is 2.37. The third kappa shape index (κ3) is 4.31. The minimum Gasteiger partial charge on any atom is -0.481 e. The minimum atomic E-state index is -0.917. The lowest BCUT2D eigenvalue weighted by atomic mass is 9.79. The molecular weight excluding hydrogens is 230 g/mol. The zero-order valence-electron chi connectivity index (χ0n) is 12.2. The topological polar surface area (TPSA) is 66.4 Å². The van der Waals surface area contributed by atoms with Crippen LogP contribution in [0, 0.1) is 11.3 Å². The summed E-state index contributed by atoms with van der Waals surface area (Å²) in [6.45, 7) is 9.78. The molecule has 1 unspecified atom stereocenters. The Bertz CT molecular complexity index is 283. The van der Waals surface area contributed by atoms with Crippen molar-refractivity contribution in [3.63, 3.8) is 0 Å². The summed E-state index contributed by atoms with van der Waals surface area (Å²) in [4.78, 5) is 23.3. The minimum absolute atomic E-state index is 0.0680. The van der Waals surface area contributed by atoms with E-state index in [9.17, 15) is 14.7 Å². The van der Waals surface area contributed by atoms with E-state index in [0.29, 0.717) is 18.8 Å². The van der Waals surface area contributed by atoms with Gasteiger partial charge in [-0.3, -0.25) is 9.59 Å². The SMILES string of the molecule is CCC(NC(=O)CC(CC)(CC)C(=O)O)C(C)C. The summed E-state index contributed by atoms with van der Waals surface area (Å²) >= 11 is 0. The lowest BCUT2D eigenvalue weighted by Crippen LogP contribution is -2.42. The molecule has 0 aromatic carbocycles. The van der Waals surface area contributed by atoms with Crippen LogP contribution in [-0.2, 0) is 9.59 Å². The number of hydrogen-bond donors (Lipinski definition) is 2. The second kappa shape index (κ2) is 7.39. The third-order valence-electron chi connectivity index (χ3n) is 3.90. The van der Waals surface area contributed by atoms with Crippen LogP contribution in [0.2, 0.25) is 0 Å². The number of carbonyl (C=O) groups excluding carboxylic acids is 1. The van der Waals surface area contributed by atoms with Crippen molar-refractivity contribution in [1.82, 2.24) is 5.32 Å². The molecule has 4 nitrogen and oxygen atoms in total. The molecular formula is C14H27NO3. The first kappa shape index (κ1) is 16.9. The van der Waals surface area contributed by atoms with Gasteiger partial charge in [-0.25, -0.2) is 0 Å². The van der Waals surface area contributed by atoms with Crippen LogP contribution in [0.1, 0.15) is 60.3 Å². The molecule has 4 heteroatoms. The summed E-state index contributed by atoms with van der Waals surface area (Å²) in [7, 11) is 0. The predicted octanol–water partition coefficient (Wildman–Crippen LogP) is 2.82. The molecule has 2 N–H and O–H groups in total. The van der Waals surface area contributed by atoms with E-state index in [-0.39, 0.29) is 18.4 Å². The average molecular weight is 257 g/mol. The largest absolute Gasteiger partial charge is 0.481 e. The maximum absolute atomic E-state index is 12.0. The first-order chi connectivity index (χ1) is 8.32. The quantitative estimate of drug-likeness (QED) is 0.702. The van der Waals surface area contributed by atoms with Crippen LogP contribution in [0.25, 0.3) is 0 Å². The van der Waals surface area contributed by atoms with Gasteiger partial charge in [-0.15, -0.1) is 0 Å². The number of hydrogen-bond acceptors (Lipinski definition) is 2. The average Bonchev–Trinajstić information content (AvgIpc) is 2.32. The number of carbonyl (C=O) groups is 2. The van der Waals surface area contributed by atoms with Crippen molar-refractivity contribution in [3.8, 4) is 0 Å². The summed E-state index contributed by atoms with van der Waals surface area (Å²) in [6, 6.07) is 0.123. The lowest BCUT2D eigenvalue weighted by molar-refractivity contribution is -0.152. The molecule has 0 fully saturated rings. The van der Waals surface area contributed by atoms with Gasteiger partial charge in [0, 0.05) is 12.5 Å². The first-order valence-electron chi connectivity index (χ1n) is 6.85.